The summed E-state index contributed by atoms with van der Waals surface area (Å²) in [5.74, 6) is 0.332. The van der Waals surface area contributed by atoms with Gasteiger partial charge in [-0.3, -0.25) is 5.10 Å². The molecule has 0 unspecified atom stereocenters. The Bertz CT molecular complexity index is 498. The monoisotopic (exact) mass is 232 g/mol. The number of aromatic amines is 1. The average Bonchev–Trinajstić information content (AvgIpc) is 2.64. The fraction of sp³-hybridized carbons (Fsp3) is 0.222. The summed E-state index contributed by atoms with van der Waals surface area (Å²) in [5, 5.41) is 6.55. The van der Waals surface area contributed by atoms with Crippen LogP contribution in [0.25, 0.3) is 10.9 Å². The Kier molecular flexibility index (Phi) is 2.48. The van der Waals surface area contributed by atoms with Gasteiger partial charge in [-0.1, -0.05) is 11.6 Å². The Morgan fingerprint density at radius 1 is 1.47 bits per heavy atom. The second-order valence-corrected chi connectivity index (χ2v) is 3.32. The van der Waals surface area contributed by atoms with E-state index in [1.807, 2.05) is 0 Å². The molecule has 0 aliphatic rings. The van der Waals surface area contributed by atoms with Crippen LogP contribution in [0.3, 0.4) is 0 Å². The molecule has 0 aliphatic carbocycles. The molecule has 0 atom stereocenters. The van der Waals surface area contributed by atoms with E-state index in [9.17, 15) is 8.78 Å². The maximum atomic E-state index is 12.6. The van der Waals surface area contributed by atoms with E-state index < -0.39 is 6.43 Å². The summed E-state index contributed by atoms with van der Waals surface area (Å²) < 4.78 is 30.2. The van der Waals surface area contributed by atoms with Crippen LogP contribution in [0, 0.1) is 0 Å². The number of hydrogen-bond acceptors (Lipinski definition) is 2. The van der Waals surface area contributed by atoms with E-state index in [-0.39, 0.29) is 11.1 Å². The molecule has 0 aliphatic heterocycles. The summed E-state index contributed by atoms with van der Waals surface area (Å²) in [7, 11) is 1.41. The van der Waals surface area contributed by atoms with Crippen LogP contribution in [-0.2, 0) is 0 Å². The lowest BCUT2D eigenvalue weighted by Crippen LogP contribution is -1.88. The van der Waals surface area contributed by atoms with Crippen molar-refractivity contribution < 1.29 is 13.5 Å². The minimum absolute atomic E-state index is 0.236. The fourth-order valence-corrected chi connectivity index (χ4v) is 1.62. The molecule has 0 radical (unpaired) electrons. The third-order valence-electron chi connectivity index (χ3n) is 2.09. The second kappa shape index (κ2) is 3.66. The van der Waals surface area contributed by atoms with Gasteiger partial charge in [-0.2, -0.15) is 5.10 Å². The van der Waals surface area contributed by atoms with E-state index in [1.54, 1.807) is 6.07 Å². The third kappa shape index (κ3) is 1.52. The number of nitrogens with one attached hydrogen (secondary N) is 1. The number of nitrogens with zero attached hydrogens (tertiary/aromatic N) is 1. The largest absolute Gasteiger partial charge is 0.496 e. The standard InChI is InChI=1S/C9H7ClF2N2O/c1-15-5-3-2-4(10)7-6(5)8(9(11)12)14-13-7/h2-3,9H,1H3,(H,13,14). The SMILES string of the molecule is COc1ccc(Cl)c2n[nH]c(C(F)F)c12. The molecule has 0 saturated heterocycles. The van der Waals surface area contributed by atoms with Gasteiger partial charge < -0.3 is 4.74 Å². The fourth-order valence-electron chi connectivity index (χ4n) is 1.42. The Hall–Kier alpha value is -1.36. The molecule has 2 rings (SSSR count). The second-order valence-electron chi connectivity index (χ2n) is 2.91. The number of benzene rings is 1. The van der Waals surface area contributed by atoms with Crippen molar-refractivity contribution in [2.75, 3.05) is 7.11 Å². The zero-order valence-corrected chi connectivity index (χ0v) is 8.48. The van der Waals surface area contributed by atoms with E-state index in [0.29, 0.717) is 16.3 Å². The first-order valence-corrected chi connectivity index (χ1v) is 4.51. The molecule has 1 N–H and O–H groups in total. The molecule has 15 heavy (non-hydrogen) atoms. The van der Waals surface area contributed by atoms with Gasteiger partial charge in [-0.25, -0.2) is 8.78 Å². The van der Waals surface area contributed by atoms with Crippen LogP contribution in [0.2, 0.25) is 5.02 Å². The van der Waals surface area contributed by atoms with Crippen LogP contribution in [0.1, 0.15) is 12.1 Å². The number of hydrogen-bond donors (Lipinski definition) is 1. The summed E-state index contributed by atoms with van der Waals surface area (Å²) in [6, 6.07) is 3.09. The lowest BCUT2D eigenvalue weighted by molar-refractivity contribution is 0.147. The Morgan fingerprint density at radius 2 is 2.20 bits per heavy atom. The number of fused-ring (bicyclic) bond motifs is 1. The molecule has 1 aromatic carbocycles. The first kappa shape index (κ1) is 10.2. The summed E-state index contributed by atoms with van der Waals surface area (Å²) >= 11 is 5.82. The third-order valence-corrected chi connectivity index (χ3v) is 2.39. The van der Waals surface area contributed by atoms with Crippen molar-refractivity contribution in [1.82, 2.24) is 10.2 Å². The van der Waals surface area contributed by atoms with Crippen molar-refractivity contribution in [1.29, 1.82) is 0 Å². The highest BCUT2D eigenvalue weighted by molar-refractivity contribution is 6.35. The minimum atomic E-state index is -2.64. The maximum Gasteiger partial charge on any atom is 0.280 e. The molecular formula is C9H7ClF2N2O. The van der Waals surface area contributed by atoms with Crippen LogP contribution >= 0.6 is 11.6 Å². The predicted octanol–water partition coefficient (Wildman–Crippen LogP) is 3.16. The molecule has 0 amide bonds. The molecule has 0 saturated carbocycles. The number of H-pyrrole nitrogens is 1. The van der Waals surface area contributed by atoms with Crippen molar-refractivity contribution in [3.05, 3.63) is 22.8 Å². The molecule has 0 bridgehead atoms. The average molecular weight is 233 g/mol. The lowest BCUT2D eigenvalue weighted by atomic mass is 10.2. The van der Waals surface area contributed by atoms with Crippen molar-refractivity contribution in [2.24, 2.45) is 0 Å². The smallest absolute Gasteiger partial charge is 0.280 e. The van der Waals surface area contributed by atoms with Gasteiger partial charge in [0.2, 0.25) is 0 Å². The molecule has 6 heteroatoms. The summed E-state index contributed by atoms with van der Waals surface area (Å²) in [4.78, 5) is 0. The molecule has 2 aromatic rings. The van der Waals surface area contributed by atoms with Gasteiger partial charge >= 0.3 is 0 Å². The molecule has 1 heterocycles. The number of alkyl halides is 2. The van der Waals surface area contributed by atoms with Gasteiger partial charge in [-0.05, 0) is 12.1 Å². The van der Waals surface area contributed by atoms with Gasteiger partial charge in [0.15, 0.2) is 0 Å². The topological polar surface area (TPSA) is 37.9 Å². The van der Waals surface area contributed by atoms with Crippen LogP contribution in [0.4, 0.5) is 8.78 Å². The number of halogens is 3. The first-order valence-electron chi connectivity index (χ1n) is 4.13. The minimum Gasteiger partial charge on any atom is -0.496 e. The van der Waals surface area contributed by atoms with Crippen LogP contribution in [-0.4, -0.2) is 17.3 Å². The van der Waals surface area contributed by atoms with Crippen molar-refractivity contribution >= 4 is 22.5 Å². The van der Waals surface area contributed by atoms with Crippen molar-refractivity contribution in [3.8, 4) is 5.75 Å². The number of rotatable bonds is 2. The van der Waals surface area contributed by atoms with Crippen LogP contribution in [0.15, 0.2) is 12.1 Å². The first-order chi connectivity index (χ1) is 7.15. The Labute approximate surface area is 89.0 Å². The van der Waals surface area contributed by atoms with Gasteiger partial charge in [0.25, 0.3) is 6.43 Å². The normalized spacial score (nSPS) is 11.3. The molecule has 0 fully saturated rings. The van der Waals surface area contributed by atoms with Gasteiger partial charge in [-0.15, -0.1) is 0 Å². The molecule has 80 valence electrons. The van der Waals surface area contributed by atoms with E-state index in [2.05, 4.69) is 10.2 Å². The van der Waals surface area contributed by atoms with Gasteiger partial charge in [0.05, 0.1) is 17.5 Å². The predicted molar refractivity (Wildman–Crippen MR) is 52.6 cm³/mol. The van der Waals surface area contributed by atoms with E-state index in [0.717, 1.165) is 0 Å². The molecule has 1 aromatic heterocycles. The number of ether oxygens (including phenoxy) is 1. The zero-order chi connectivity index (χ0) is 11.0. The van der Waals surface area contributed by atoms with E-state index >= 15 is 0 Å². The quantitative estimate of drug-likeness (QED) is 0.864. The van der Waals surface area contributed by atoms with E-state index in [1.165, 1.54) is 13.2 Å². The highest BCUT2D eigenvalue weighted by Crippen LogP contribution is 2.35. The maximum absolute atomic E-state index is 12.6. The molecule has 3 nitrogen and oxygen atoms in total. The summed E-state index contributed by atoms with van der Waals surface area (Å²) in [6.07, 6.45) is -2.64. The van der Waals surface area contributed by atoms with Gasteiger partial charge in [0.1, 0.15) is 17.0 Å². The lowest BCUT2D eigenvalue weighted by Gasteiger charge is -2.03. The highest BCUT2D eigenvalue weighted by atomic mass is 35.5. The van der Waals surface area contributed by atoms with Crippen molar-refractivity contribution in [3.63, 3.8) is 0 Å². The summed E-state index contributed by atoms with van der Waals surface area (Å²) in [5.41, 5.74) is 0.0238. The Morgan fingerprint density at radius 3 is 2.80 bits per heavy atom. The van der Waals surface area contributed by atoms with Crippen LogP contribution < -0.4 is 4.74 Å². The van der Waals surface area contributed by atoms with Crippen LogP contribution in [0.5, 0.6) is 5.75 Å². The zero-order valence-electron chi connectivity index (χ0n) is 7.72. The van der Waals surface area contributed by atoms with Crippen molar-refractivity contribution in [2.45, 2.75) is 6.43 Å². The Balaban J connectivity index is 2.81. The number of methoxy groups -OCH3 is 1. The molecular weight excluding hydrogens is 226 g/mol. The summed E-state index contributed by atoms with van der Waals surface area (Å²) in [6.45, 7) is 0. The van der Waals surface area contributed by atoms with E-state index in [4.69, 9.17) is 16.3 Å². The number of aromatic nitrogens is 2. The van der Waals surface area contributed by atoms with Gasteiger partial charge in [0, 0.05) is 0 Å². The molecule has 0 spiro atoms. The highest BCUT2D eigenvalue weighted by Gasteiger charge is 2.19.